The Morgan fingerprint density at radius 1 is 1.44 bits per heavy atom. The average Bonchev–Trinajstić information content (AvgIpc) is 2.75. The Morgan fingerprint density at radius 2 is 2.19 bits per heavy atom. The molecule has 0 radical (unpaired) electrons. The van der Waals surface area contributed by atoms with Crippen LogP contribution in [0.5, 0.6) is 5.75 Å². The van der Waals surface area contributed by atoms with Gasteiger partial charge in [0.05, 0.1) is 25.4 Å². The second-order valence-corrected chi connectivity index (χ2v) is 4.14. The lowest BCUT2D eigenvalue weighted by atomic mass is 9.95. The minimum absolute atomic E-state index is 0.0219. The Balaban J connectivity index is 2.20. The van der Waals surface area contributed by atoms with E-state index in [4.69, 9.17) is 9.47 Å². The van der Waals surface area contributed by atoms with Crippen LogP contribution in [-0.2, 0) is 4.74 Å². The summed E-state index contributed by atoms with van der Waals surface area (Å²) in [4.78, 5) is 12.2. The van der Waals surface area contributed by atoms with Crippen LogP contribution in [0.2, 0.25) is 0 Å². The first-order valence-corrected chi connectivity index (χ1v) is 5.51. The van der Waals surface area contributed by atoms with Gasteiger partial charge in [0.15, 0.2) is 5.78 Å². The molecule has 0 N–H and O–H groups in total. The van der Waals surface area contributed by atoms with Crippen LogP contribution in [0.15, 0.2) is 24.3 Å². The van der Waals surface area contributed by atoms with Gasteiger partial charge in [-0.2, -0.15) is 0 Å². The van der Waals surface area contributed by atoms with Crippen molar-refractivity contribution in [2.75, 3.05) is 13.7 Å². The van der Waals surface area contributed by atoms with Crippen molar-refractivity contribution in [2.45, 2.75) is 19.4 Å². The molecule has 0 saturated carbocycles. The highest BCUT2D eigenvalue weighted by molar-refractivity contribution is 6.00. The van der Waals surface area contributed by atoms with Crippen LogP contribution < -0.4 is 4.74 Å². The fraction of sp³-hybridized carbons (Fsp3) is 0.462. The number of benzene rings is 1. The summed E-state index contributed by atoms with van der Waals surface area (Å²) in [5.74, 6) is 0.750. The maximum Gasteiger partial charge on any atom is 0.172 e. The lowest BCUT2D eigenvalue weighted by Crippen LogP contribution is -2.15. The zero-order valence-corrected chi connectivity index (χ0v) is 9.60. The van der Waals surface area contributed by atoms with Crippen molar-refractivity contribution in [1.82, 2.24) is 0 Å². The molecule has 1 aliphatic heterocycles. The Morgan fingerprint density at radius 3 is 2.81 bits per heavy atom. The molecule has 0 aliphatic carbocycles. The molecule has 2 unspecified atom stereocenters. The molecular weight excluding hydrogens is 204 g/mol. The standard InChI is InChI=1S/C13H16O3/c1-9-7-10(8-16-9)13(14)11-5-3-4-6-12(11)15-2/h3-6,9-10H,7-8H2,1-2H3. The van der Waals surface area contributed by atoms with Crippen LogP contribution >= 0.6 is 0 Å². The second-order valence-electron chi connectivity index (χ2n) is 4.14. The first-order valence-electron chi connectivity index (χ1n) is 5.51. The Kier molecular flexibility index (Phi) is 3.25. The summed E-state index contributed by atoms with van der Waals surface area (Å²) in [7, 11) is 1.58. The van der Waals surface area contributed by atoms with Crippen LogP contribution in [0.1, 0.15) is 23.7 Å². The van der Waals surface area contributed by atoms with E-state index < -0.39 is 0 Å². The topological polar surface area (TPSA) is 35.5 Å². The minimum Gasteiger partial charge on any atom is -0.496 e. The Hall–Kier alpha value is -1.35. The normalized spacial score (nSPS) is 24.4. The van der Waals surface area contributed by atoms with Crippen LogP contribution in [-0.4, -0.2) is 25.6 Å². The van der Waals surface area contributed by atoms with Crippen molar-refractivity contribution in [2.24, 2.45) is 5.92 Å². The lowest BCUT2D eigenvalue weighted by molar-refractivity contribution is 0.0875. The third-order valence-corrected chi connectivity index (χ3v) is 2.94. The highest BCUT2D eigenvalue weighted by atomic mass is 16.5. The van der Waals surface area contributed by atoms with Gasteiger partial charge in [-0.1, -0.05) is 12.1 Å². The second kappa shape index (κ2) is 4.66. The summed E-state index contributed by atoms with van der Waals surface area (Å²) < 4.78 is 10.6. The fourth-order valence-corrected chi connectivity index (χ4v) is 2.07. The van der Waals surface area contributed by atoms with Crippen molar-refractivity contribution in [3.63, 3.8) is 0 Å². The number of carbonyl (C=O) groups is 1. The number of ether oxygens (including phenoxy) is 2. The van der Waals surface area contributed by atoms with E-state index in [1.807, 2.05) is 31.2 Å². The van der Waals surface area contributed by atoms with Gasteiger partial charge in [-0.05, 0) is 25.5 Å². The van der Waals surface area contributed by atoms with Gasteiger partial charge in [0.1, 0.15) is 5.75 Å². The third kappa shape index (κ3) is 2.09. The van der Waals surface area contributed by atoms with Crippen molar-refractivity contribution in [1.29, 1.82) is 0 Å². The molecule has 0 amide bonds. The molecule has 2 atom stereocenters. The number of rotatable bonds is 3. The molecule has 3 heteroatoms. The molecule has 1 aliphatic rings. The quantitative estimate of drug-likeness (QED) is 0.733. The molecule has 1 aromatic rings. The maximum atomic E-state index is 12.2. The molecule has 1 heterocycles. The Labute approximate surface area is 95.4 Å². The van der Waals surface area contributed by atoms with Crippen molar-refractivity contribution in [3.8, 4) is 5.75 Å². The predicted molar refractivity (Wildman–Crippen MR) is 60.8 cm³/mol. The van der Waals surface area contributed by atoms with Gasteiger partial charge in [0.2, 0.25) is 0 Å². The number of ketones is 1. The molecule has 3 nitrogen and oxygen atoms in total. The molecule has 86 valence electrons. The van der Waals surface area contributed by atoms with E-state index in [-0.39, 0.29) is 17.8 Å². The number of hydrogen-bond acceptors (Lipinski definition) is 3. The van der Waals surface area contributed by atoms with Crippen molar-refractivity contribution in [3.05, 3.63) is 29.8 Å². The number of para-hydroxylation sites is 1. The fourth-order valence-electron chi connectivity index (χ4n) is 2.07. The zero-order valence-electron chi connectivity index (χ0n) is 9.60. The number of hydrogen-bond donors (Lipinski definition) is 0. The molecule has 0 spiro atoms. The van der Waals surface area contributed by atoms with Gasteiger partial charge in [-0.25, -0.2) is 0 Å². The first-order chi connectivity index (χ1) is 7.72. The summed E-state index contributed by atoms with van der Waals surface area (Å²) in [5, 5.41) is 0. The SMILES string of the molecule is COc1ccccc1C(=O)C1COC(C)C1. The van der Waals surface area contributed by atoms with Crippen LogP contribution in [0, 0.1) is 5.92 Å². The molecule has 0 aromatic heterocycles. The highest BCUT2D eigenvalue weighted by Crippen LogP contribution is 2.27. The van der Waals surface area contributed by atoms with Crippen LogP contribution in [0.3, 0.4) is 0 Å². The average molecular weight is 220 g/mol. The monoisotopic (exact) mass is 220 g/mol. The summed E-state index contributed by atoms with van der Waals surface area (Å²) >= 11 is 0. The van der Waals surface area contributed by atoms with E-state index in [0.29, 0.717) is 17.9 Å². The molecule has 1 aromatic carbocycles. The van der Waals surface area contributed by atoms with Gasteiger partial charge in [0, 0.05) is 5.92 Å². The summed E-state index contributed by atoms with van der Waals surface area (Å²) in [6.07, 6.45) is 0.986. The van der Waals surface area contributed by atoms with E-state index in [1.165, 1.54) is 0 Å². The largest absolute Gasteiger partial charge is 0.496 e. The van der Waals surface area contributed by atoms with Crippen molar-refractivity contribution < 1.29 is 14.3 Å². The summed E-state index contributed by atoms with van der Waals surface area (Å²) in [6, 6.07) is 7.34. The molecule has 0 bridgehead atoms. The van der Waals surface area contributed by atoms with Gasteiger partial charge in [0.25, 0.3) is 0 Å². The molecular formula is C13H16O3. The van der Waals surface area contributed by atoms with E-state index in [2.05, 4.69) is 0 Å². The maximum absolute atomic E-state index is 12.2. The predicted octanol–water partition coefficient (Wildman–Crippen LogP) is 2.30. The molecule has 1 fully saturated rings. The van der Waals surface area contributed by atoms with Gasteiger partial charge in [-0.3, -0.25) is 4.79 Å². The first kappa shape index (κ1) is 11.1. The smallest absolute Gasteiger partial charge is 0.172 e. The zero-order chi connectivity index (χ0) is 11.5. The lowest BCUT2D eigenvalue weighted by Gasteiger charge is -2.10. The summed E-state index contributed by atoms with van der Waals surface area (Å²) in [6.45, 7) is 2.52. The molecule has 1 saturated heterocycles. The van der Waals surface area contributed by atoms with Gasteiger partial charge >= 0.3 is 0 Å². The van der Waals surface area contributed by atoms with Crippen LogP contribution in [0.25, 0.3) is 0 Å². The van der Waals surface area contributed by atoms with E-state index >= 15 is 0 Å². The molecule has 16 heavy (non-hydrogen) atoms. The minimum atomic E-state index is -0.0219. The number of Topliss-reactive ketones (excluding diaryl/α,β-unsaturated/α-hetero) is 1. The van der Waals surface area contributed by atoms with E-state index in [1.54, 1.807) is 7.11 Å². The van der Waals surface area contributed by atoms with Crippen molar-refractivity contribution >= 4 is 5.78 Å². The highest BCUT2D eigenvalue weighted by Gasteiger charge is 2.30. The van der Waals surface area contributed by atoms with Crippen LogP contribution in [0.4, 0.5) is 0 Å². The number of carbonyl (C=O) groups excluding carboxylic acids is 1. The number of methoxy groups -OCH3 is 1. The summed E-state index contributed by atoms with van der Waals surface area (Å²) in [5.41, 5.74) is 0.660. The third-order valence-electron chi connectivity index (χ3n) is 2.94. The Bertz CT molecular complexity index is 387. The van der Waals surface area contributed by atoms with Gasteiger partial charge < -0.3 is 9.47 Å². The van der Waals surface area contributed by atoms with E-state index in [9.17, 15) is 4.79 Å². The van der Waals surface area contributed by atoms with Gasteiger partial charge in [-0.15, -0.1) is 0 Å². The van der Waals surface area contributed by atoms with E-state index in [0.717, 1.165) is 6.42 Å². The molecule has 2 rings (SSSR count).